The van der Waals surface area contributed by atoms with E-state index in [1.165, 1.54) is 6.21 Å². The summed E-state index contributed by atoms with van der Waals surface area (Å²) in [6.07, 6.45) is 4.13. The molecule has 190 valence electrons. The highest BCUT2D eigenvalue weighted by Gasteiger charge is 2.28. The summed E-state index contributed by atoms with van der Waals surface area (Å²) in [6, 6.07) is 7.54. The van der Waals surface area contributed by atoms with Gasteiger partial charge in [-0.05, 0) is 35.7 Å². The summed E-state index contributed by atoms with van der Waals surface area (Å²) in [6.45, 7) is 6.05. The molecule has 1 fully saturated rings. The van der Waals surface area contributed by atoms with Crippen molar-refractivity contribution in [1.82, 2.24) is 30.4 Å². The van der Waals surface area contributed by atoms with Gasteiger partial charge in [0.2, 0.25) is 0 Å². The van der Waals surface area contributed by atoms with Crippen LogP contribution in [0.1, 0.15) is 30.9 Å². The molecule has 11 heteroatoms. The Hall–Kier alpha value is -3.57. The van der Waals surface area contributed by atoms with Gasteiger partial charge in [-0.2, -0.15) is 5.10 Å². The van der Waals surface area contributed by atoms with Crippen LogP contribution in [0.5, 0.6) is 0 Å². The summed E-state index contributed by atoms with van der Waals surface area (Å²) in [7, 11) is 0. The Bertz CT molecular complexity index is 1210. The van der Waals surface area contributed by atoms with E-state index in [-0.39, 0.29) is 12.6 Å². The minimum atomic E-state index is -2.31. The highest BCUT2D eigenvalue weighted by atomic mass is 19.3. The van der Waals surface area contributed by atoms with Gasteiger partial charge in [0.15, 0.2) is 5.82 Å². The van der Waals surface area contributed by atoms with E-state index in [2.05, 4.69) is 44.6 Å². The van der Waals surface area contributed by atoms with E-state index in [1.807, 2.05) is 24.3 Å². The molecule has 0 radical (unpaired) electrons. The third-order valence-corrected chi connectivity index (χ3v) is 5.80. The third-order valence-electron chi connectivity index (χ3n) is 5.80. The monoisotopic (exact) mass is 496 g/mol. The van der Waals surface area contributed by atoms with Gasteiger partial charge < -0.3 is 20.8 Å². The van der Waals surface area contributed by atoms with Crippen molar-refractivity contribution in [3.63, 3.8) is 0 Å². The number of nitrogens with one attached hydrogen (secondary N) is 3. The van der Waals surface area contributed by atoms with Crippen LogP contribution in [-0.2, 0) is 4.74 Å². The van der Waals surface area contributed by atoms with Crippen LogP contribution in [-0.4, -0.2) is 76.6 Å². The molecule has 9 nitrogen and oxygen atoms in total. The first-order chi connectivity index (χ1) is 17.4. The lowest BCUT2D eigenvalue weighted by atomic mass is 10.1. The number of hydrogen-bond acceptors (Lipinski definition) is 9. The summed E-state index contributed by atoms with van der Waals surface area (Å²) in [5, 5.41) is 22.3. The number of halogens is 2. The van der Waals surface area contributed by atoms with Crippen molar-refractivity contribution in [2.45, 2.75) is 32.3 Å². The second-order valence-electron chi connectivity index (χ2n) is 8.91. The van der Waals surface area contributed by atoms with Crippen LogP contribution in [0.25, 0.3) is 16.6 Å². The summed E-state index contributed by atoms with van der Waals surface area (Å²) in [4.78, 5) is 10.8. The lowest BCUT2D eigenvalue weighted by molar-refractivity contribution is -0.0694. The van der Waals surface area contributed by atoms with E-state index < -0.39 is 6.43 Å². The molecule has 0 saturated carbocycles. The van der Waals surface area contributed by atoms with E-state index in [0.29, 0.717) is 54.9 Å². The molecule has 1 aliphatic rings. The standard InChI is InChI=1S/C25H30F2N8O/c1-16(2)17-8-25(34-31-12-17)33-24-4-3-21-22(32-24)7-18(11-30-21)19(9-28)10-29-5-6-36-20-13-35(14-20)15-23(26)27/h3-4,7-12,16,20,23,28-29H,5-6,13-15H2,1-2H3,(H,32,33,34)/b19-10+,28-9?. The Balaban J connectivity index is 1.34. The molecule has 0 atom stereocenters. The van der Waals surface area contributed by atoms with Crippen LogP contribution >= 0.6 is 0 Å². The summed E-state index contributed by atoms with van der Waals surface area (Å²) in [5.41, 5.74) is 3.89. The predicted molar refractivity (Wildman–Crippen MR) is 136 cm³/mol. The fourth-order valence-electron chi connectivity index (χ4n) is 3.77. The molecule has 0 spiro atoms. The van der Waals surface area contributed by atoms with Crippen LogP contribution in [0, 0.1) is 5.41 Å². The number of pyridine rings is 2. The largest absolute Gasteiger partial charge is 0.388 e. The number of fused-ring (bicyclic) bond motifs is 1. The van der Waals surface area contributed by atoms with Crippen LogP contribution in [0.15, 0.2) is 42.9 Å². The van der Waals surface area contributed by atoms with Crippen molar-refractivity contribution >= 4 is 34.5 Å². The molecule has 1 saturated heterocycles. The number of allylic oxidation sites excluding steroid dienone is 1. The van der Waals surface area contributed by atoms with Gasteiger partial charge in [-0.1, -0.05) is 13.8 Å². The molecule has 4 rings (SSSR count). The lowest BCUT2D eigenvalue weighted by Crippen LogP contribution is -2.53. The SMILES string of the molecule is CC(C)c1cnnc(Nc2ccc3ncc(/C(C=N)=C/NCCOC4CN(CC(F)F)C4)cc3n2)c1. The van der Waals surface area contributed by atoms with Crippen molar-refractivity contribution in [3.8, 4) is 0 Å². The molecule has 3 N–H and O–H groups in total. The van der Waals surface area contributed by atoms with Gasteiger partial charge in [0.25, 0.3) is 6.43 Å². The third kappa shape index (κ3) is 6.76. The Morgan fingerprint density at radius 2 is 2.03 bits per heavy atom. The lowest BCUT2D eigenvalue weighted by Gasteiger charge is -2.38. The van der Waals surface area contributed by atoms with Gasteiger partial charge in [-0.3, -0.25) is 9.88 Å². The Morgan fingerprint density at radius 1 is 1.19 bits per heavy atom. The maximum Gasteiger partial charge on any atom is 0.251 e. The minimum Gasteiger partial charge on any atom is -0.388 e. The molecular formula is C25H30F2N8O. The molecule has 0 aromatic carbocycles. The number of aromatic nitrogens is 4. The molecule has 0 bridgehead atoms. The van der Waals surface area contributed by atoms with Gasteiger partial charge in [-0.15, -0.1) is 5.10 Å². The zero-order chi connectivity index (χ0) is 25.5. The van der Waals surface area contributed by atoms with Crippen LogP contribution in [0.3, 0.4) is 0 Å². The quantitative estimate of drug-likeness (QED) is 0.256. The molecule has 4 heterocycles. The molecule has 3 aromatic rings. The molecule has 1 aliphatic heterocycles. The maximum atomic E-state index is 12.3. The van der Waals surface area contributed by atoms with Crippen molar-refractivity contribution in [1.29, 1.82) is 5.41 Å². The summed E-state index contributed by atoms with van der Waals surface area (Å²) in [5.74, 6) is 1.58. The van der Waals surface area contributed by atoms with Crippen molar-refractivity contribution in [2.24, 2.45) is 0 Å². The number of alkyl halides is 2. The van der Waals surface area contributed by atoms with Gasteiger partial charge in [0.05, 0.1) is 36.5 Å². The average molecular weight is 497 g/mol. The van der Waals surface area contributed by atoms with Crippen LogP contribution < -0.4 is 10.6 Å². The fraction of sp³-hybridized carbons (Fsp3) is 0.400. The smallest absolute Gasteiger partial charge is 0.251 e. The topological polar surface area (TPSA) is 112 Å². The van der Waals surface area contributed by atoms with Crippen LogP contribution in [0.4, 0.5) is 20.4 Å². The van der Waals surface area contributed by atoms with Gasteiger partial charge in [0, 0.05) is 49.4 Å². The number of ether oxygens (including phenoxy) is 1. The number of nitrogens with zero attached hydrogens (tertiary/aromatic N) is 5. The Morgan fingerprint density at radius 3 is 2.78 bits per heavy atom. The van der Waals surface area contributed by atoms with E-state index in [4.69, 9.17) is 10.1 Å². The number of hydrogen-bond donors (Lipinski definition) is 3. The zero-order valence-corrected chi connectivity index (χ0v) is 20.3. The van der Waals surface area contributed by atoms with Gasteiger partial charge in [0.1, 0.15) is 5.82 Å². The van der Waals surface area contributed by atoms with E-state index in [0.717, 1.165) is 16.6 Å². The predicted octanol–water partition coefficient (Wildman–Crippen LogP) is 3.83. The summed E-state index contributed by atoms with van der Waals surface area (Å²) < 4.78 is 30.3. The zero-order valence-electron chi connectivity index (χ0n) is 20.3. The molecule has 0 unspecified atom stereocenters. The number of rotatable bonds is 12. The number of anilines is 2. The molecule has 36 heavy (non-hydrogen) atoms. The highest BCUT2D eigenvalue weighted by Crippen LogP contribution is 2.21. The first-order valence-electron chi connectivity index (χ1n) is 11.8. The molecular weight excluding hydrogens is 466 g/mol. The second kappa shape index (κ2) is 11.9. The molecule has 0 aliphatic carbocycles. The Kier molecular flexibility index (Phi) is 8.44. The van der Waals surface area contributed by atoms with Crippen molar-refractivity contribution < 1.29 is 13.5 Å². The molecule has 0 amide bonds. The molecule has 3 aromatic heterocycles. The highest BCUT2D eigenvalue weighted by molar-refractivity contribution is 6.08. The first-order valence-corrected chi connectivity index (χ1v) is 11.8. The Labute approximate surface area is 208 Å². The minimum absolute atomic E-state index is 0.00543. The van der Waals surface area contributed by atoms with E-state index >= 15 is 0 Å². The van der Waals surface area contributed by atoms with Gasteiger partial charge >= 0.3 is 0 Å². The average Bonchev–Trinajstić information content (AvgIpc) is 2.84. The first kappa shape index (κ1) is 25.5. The normalized spacial score (nSPS) is 14.9. The summed E-state index contributed by atoms with van der Waals surface area (Å²) >= 11 is 0. The fourth-order valence-corrected chi connectivity index (χ4v) is 3.77. The van der Waals surface area contributed by atoms with Crippen molar-refractivity contribution in [3.05, 3.63) is 54.0 Å². The van der Waals surface area contributed by atoms with E-state index in [9.17, 15) is 8.78 Å². The van der Waals surface area contributed by atoms with E-state index in [1.54, 1.807) is 23.5 Å². The van der Waals surface area contributed by atoms with Gasteiger partial charge in [-0.25, -0.2) is 13.8 Å². The maximum absolute atomic E-state index is 12.3. The number of likely N-dealkylation sites (tertiary alicyclic amines) is 1. The van der Waals surface area contributed by atoms with Crippen molar-refractivity contribution in [2.75, 3.05) is 38.1 Å². The second-order valence-corrected chi connectivity index (χ2v) is 8.91. The van der Waals surface area contributed by atoms with Crippen LogP contribution in [0.2, 0.25) is 0 Å².